The lowest BCUT2D eigenvalue weighted by Crippen LogP contribution is -2.33. The summed E-state index contributed by atoms with van der Waals surface area (Å²) in [5, 5.41) is 6.28. The number of hydrogen-bond acceptors (Lipinski definition) is 3. The number of nitrogens with one attached hydrogen (secondary N) is 2. The summed E-state index contributed by atoms with van der Waals surface area (Å²) in [6, 6.07) is 12.5. The van der Waals surface area contributed by atoms with Crippen molar-refractivity contribution in [2.75, 3.05) is 23.3 Å². The normalized spacial score (nSPS) is 14.6. The maximum absolute atomic E-state index is 12.9. The van der Waals surface area contributed by atoms with Gasteiger partial charge in [-0.15, -0.1) is 0 Å². The first-order chi connectivity index (χ1) is 13.5. The molecule has 2 N–H and O–H groups in total. The third-order valence-corrected chi connectivity index (χ3v) is 5.38. The summed E-state index contributed by atoms with van der Waals surface area (Å²) in [4.78, 5) is 27.7. The van der Waals surface area contributed by atoms with Gasteiger partial charge in [-0.25, -0.2) is 0 Å². The molecule has 28 heavy (non-hydrogen) atoms. The van der Waals surface area contributed by atoms with Crippen LogP contribution in [0.15, 0.2) is 42.5 Å². The molecule has 2 aromatic rings. The second-order valence-corrected chi connectivity index (χ2v) is 7.55. The van der Waals surface area contributed by atoms with Crippen LogP contribution >= 0.6 is 11.6 Å². The van der Waals surface area contributed by atoms with Crippen LogP contribution in [0.25, 0.3) is 0 Å². The molecule has 0 aromatic heterocycles. The van der Waals surface area contributed by atoms with Crippen molar-refractivity contribution in [3.63, 3.8) is 0 Å². The average Bonchev–Trinajstić information content (AvgIpc) is 3.22. The number of nitrogens with zero attached hydrogens (tertiary/aromatic N) is 1. The van der Waals surface area contributed by atoms with Crippen LogP contribution < -0.4 is 15.5 Å². The van der Waals surface area contributed by atoms with Gasteiger partial charge in [0.15, 0.2) is 0 Å². The highest BCUT2D eigenvalue weighted by Crippen LogP contribution is 2.28. The summed E-state index contributed by atoms with van der Waals surface area (Å²) in [7, 11) is 0. The van der Waals surface area contributed by atoms with Crippen LogP contribution in [-0.4, -0.2) is 30.9 Å². The van der Waals surface area contributed by atoms with E-state index in [0.29, 0.717) is 21.8 Å². The first kappa shape index (κ1) is 20.2. The monoisotopic (exact) mass is 399 g/mol. The van der Waals surface area contributed by atoms with Crippen LogP contribution in [0.4, 0.5) is 11.4 Å². The van der Waals surface area contributed by atoms with Crippen molar-refractivity contribution in [1.29, 1.82) is 0 Å². The molecule has 148 valence electrons. The van der Waals surface area contributed by atoms with E-state index in [4.69, 9.17) is 11.6 Å². The molecule has 0 aliphatic carbocycles. The smallest absolute Gasteiger partial charge is 0.257 e. The summed E-state index contributed by atoms with van der Waals surface area (Å²) in [5.74, 6) is -0.419. The van der Waals surface area contributed by atoms with Crippen molar-refractivity contribution in [1.82, 2.24) is 5.32 Å². The Bertz CT molecular complexity index is 863. The van der Waals surface area contributed by atoms with Gasteiger partial charge in [0.05, 0.1) is 16.1 Å². The predicted octanol–water partition coefficient (Wildman–Crippen LogP) is 4.72. The van der Waals surface area contributed by atoms with E-state index in [0.717, 1.165) is 38.0 Å². The Morgan fingerprint density at radius 3 is 2.46 bits per heavy atom. The largest absolute Gasteiger partial charge is 0.371 e. The lowest BCUT2D eigenvalue weighted by atomic mass is 10.1. The zero-order valence-corrected chi connectivity index (χ0v) is 17.1. The van der Waals surface area contributed by atoms with Crippen molar-refractivity contribution >= 4 is 34.8 Å². The molecule has 1 fully saturated rings. The van der Waals surface area contributed by atoms with Crippen molar-refractivity contribution in [2.24, 2.45) is 0 Å². The molecule has 1 saturated heterocycles. The highest BCUT2D eigenvalue weighted by molar-refractivity contribution is 6.34. The second kappa shape index (κ2) is 9.11. The molecule has 5 nitrogen and oxygen atoms in total. The van der Waals surface area contributed by atoms with Crippen LogP contribution in [0.5, 0.6) is 0 Å². The summed E-state index contributed by atoms with van der Waals surface area (Å²) in [6.45, 7) is 5.90. The number of anilines is 2. The number of carbonyl (C=O) groups excluding carboxylic acids is 2. The minimum atomic E-state index is -0.298. The van der Waals surface area contributed by atoms with Crippen LogP contribution in [0.1, 0.15) is 53.8 Å². The van der Waals surface area contributed by atoms with Crippen LogP contribution in [-0.2, 0) is 0 Å². The van der Waals surface area contributed by atoms with E-state index >= 15 is 0 Å². The average molecular weight is 400 g/mol. The fourth-order valence-corrected chi connectivity index (χ4v) is 3.50. The topological polar surface area (TPSA) is 61.4 Å². The molecular formula is C22H26ClN3O2. The Balaban J connectivity index is 1.88. The third-order valence-electron chi connectivity index (χ3n) is 5.05. The van der Waals surface area contributed by atoms with E-state index in [-0.39, 0.29) is 17.9 Å². The van der Waals surface area contributed by atoms with Gasteiger partial charge in [-0.3, -0.25) is 9.59 Å². The minimum Gasteiger partial charge on any atom is -0.371 e. The summed E-state index contributed by atoms with van der Waals surface area (Å²) in [6.07, 6.45) is 3.10. The van der Waals surface area contributed by atoms with Gasteiger partial charge in [-0.2, -0.15) is 0 Å². The van der Waals surface area contributed by atoms with Crippen molar-refractivity contribution < 1.29 is 9.59 Å². The van der Waals surface area contributed by atoms with Gasteiger partial charge in [0.2, 0.25) is 0 Å². The lowest BCUT2D eigenvalue weighted by molar-refractivity contribution is 0.0938. The fourth-order valence-electron chi connectivity index (χ4n) is 3.28. The van der Waals surface area contributed by atoms with Crippen molar-refractivity contribution in [3.8, 4) is 0 Å². The van der Waals surface area contributed by atoms with E-state index in [1.54, 1.807) is 30.3 Å². The van der Waals surface area contributed by atoms with Crippen LogP contribution in [0, 0.1) is 0 Å². The molecule has 0 saturated carbocycles. The van der Waals surface area contributed by atoms with E-state index in [9.17, 15) is 9.59 Å². The van der Waals surface area contributed by atoms with E-state index in [1.165, 1.54) is 0 Å². The van der Waals surface area contributed by atoms with Gasteiger partial charge in [0.1, 0.15) is 0 Å². The molecule has 1 heterocycles. The van der Waals surface area contributed by atoms with Crippen LogP contribution in [0.2, 0.25) is 5.02 Å². The highest BCUT2D eigenvalue weighted by atomic mass is 35.5. The Morgan fingerprint density at radius 1 is 1.07 bits per heavy atom. The number of carbonyl (C=O) groups is 2. The molecule has 1 aliphatic rings. The number of rotatable bonds is 6. The van der Waals surface area contributed by atoms with E-state index in [1.807, 2.05) is 26.0 Å². The van der Waals surface area contributed by atoms with Crippen molar-refractivity contribution in [2.45, 2.75) is 39.2 Å². The zero-order valence-electron chi connectivity index (χ0n) is 16.3. The van der Waals surface area contributed by atoms with Gasteiger partial charge in [-0.05, 0) is 56.5 Å². The van der Waals surface area contributed by atoms with Crippen molar-refractivity contribution in [3.05, 3.63) is 58.6 Å². The van der Waals surface area contributed by atoms with Gasteiger partial charge in [-0.1, -0.05) is 30.7 Å². The van der Waals surface area contributed by atoms with E-state index < -0.39 is 0 Å². The molecule has 1 atom stereocenters. The highest BCUT2D eigenvalue weighted by Gasteiger charge is 2.21. The molecule has 0 unspecified atom stereocenters. The van der Waals surface area contributed by atoms with Gasteiger partial charge in [0.25, 0.3) is 11.8 Å². The molecule has 2 aromatic carbocycles. The molecule has 0 radical (unpaired) electrons. The summed E-state index contributed by atoms with van der Waals surface area (Å²) in [5.41, 5.74) is 2.47. The zero-order chi connectivity index (χ0) is 20.1. The van der Waals surface area contributed by atoms with Gasteiger partial charge < -0.3 is 15.5 Å². The molecule has 0 spiro atoms. The number of amides is 2. The summed E-state index contributed by atoms with van der Waals surface area (Å²) >= 11 is 6.12. The molecule has 2 amide bonds. The minimum absolute atomic E-state index is 0.0836. The quantitative estimate of drug-likeness (QED) is 0.738. The fraction of sp³-hybridized carbons (Fsp3) is 0.364. The predicted molar refractivity (Wildman–Crippen MR) is 115 cm³/mol. The Labute approximate surface area is 171 Å². The molecule has 3 rings (SSSR count). The third kappa shape index (κ3) is 4.65. The maximum atomic E-state index is 12.9. The number of hydrogen-bond donors (Lipinski definition) is 2. The SMILES string of the molecule is CC[C@H](C)NC(=O)c1cc(NC(=O)c2ccccc2Cl)ccc1N1CCCC1. The molecular weight excluding hydrogens is 374 g/mol. The second-order valence-electron chi connectivity index (χ2n) is 7.14. The Morgan fingerprint density at radius 2 is 1.79 bits per heavy atom. The van der Waals surface area contributed by atoms with Gasteiger partial charge in [0, 0.05) is 30.5 Å². The first-order valence-electron chi connectivity index (χ1n) is 9.75. The number of benzene rings is 2. The Kier molecular flexibility index (Phi) is 6.57. The lowest BCUT2D eigenvalue weighted by Gasteiger charge is -2.23. The molecule has 6 heteroatoms. The maximum Gasteiger partial charge on any atom is 0.257 e. The molecule has 0 bridgehead atoms. The Hall–Kier alpha value is -2.53. The first-order valence-corrected chi connectivity index (χ1v) is 10.1. The molecule has 1 aliphatic heterocycles. The number of halogens is 1. The summed E-state index contributed by atoms with van der Waals surface area (Å²) < 4.78 is 0. The van der Waals surface area contributed by atoms with E-state index in [2.05, 4.69) is 15.5 Å². The standard InChI is InChI=1S/C22H26ClN3O2/c1-3-15(2)24-22(28)18-14-16(10-11-20(18)26-12-6-7-13-26)25-21(27)17-8-4-5-9-19(17)23/h4-5,8-11,14-15H,3,6-7,12-13H2,1-2H3,(H,24,28)(H,25,27)/t15-/m0/s1. The van der Waals surface area contributed by atoms with Crippen LogP contribution in [0.3, 0.4) is 0 Å². The van der Waals surface area contributed by atoms with Gasteiger partial charge >= 0.3 is 0 Å².